The molecule has 1 fully saturated rings. The van der Waals surface area contributed by atoms with E-state index in [-0.39, 0.29) is 5.54 Å². The monoisotopic (exact) mass is 433 g/mol. The van der Waals surface area contributed by atoms with E-state index in [1.165, 1.54) is 9.87 Å². The Morgan fingerprint density at radius 1 is 1.10 bits per heavy atom. The largest absolute Gasteiger partial charge is 0.369 e. The van der Waals surface area contributed by atoms with E-state index in [1.54, 1.807) is 10.7 Å². The van der Waals surface area contributed by atoms with Crippen LogP contribution in [0.15, 0.2) is 30.3 Å². The van der Waals surface area contributed by atoms with Gasteiger partial charge in [-0.3, -0.25) is 4.79 Å². The van der Waals surface area contributed by atoms with Crippen molar-refractivity contribution in [3.63, 3.8) is 0 Å². The van der Waals surface area contributed by atoms with Gasteiger partial charge in [0.05, 0.1) is 11.2 Å². The summed E-state index contributed by atoms with van der Waals surface area (Å²) >= 11 is 0. The molecule has 3 rings (SSSR count). The fourth-order valence-corrected chi connectivity index (χ4v) is 4.89. The molecule has 2 aromatic rings. The van der Waals surface area contributed by atoms with Crippen molar-refractivity contribution in [2.45, 2.75) is 40.2 Å². The quantitative estimate of drug-likeness (QED) is 0.782. The minimum Gasteiger partial charge on any atom is -0.369 e. The number of benzene rings is 1. The van der Waals surface area contributed by atoms with E-state index >= 15 is 0 Å². The van der Waals surface area contributed by atoms with Gasteiger partial charge < -0.3 is 10.2 Å². The second-order valence-corrected chi connectivity index (χ2v) is 10.8. The third-order valence-electron chi connectivity index (χ3n) is 5.05. The summed E-state index contributed by atoms with van der Waals surface area (Å²) in [7, 11) is -3.69. The summed E-state index contributed by atoms with van der Waals surface area (Å²) in [5.74, 6) is -0.628. The van der Waals surface area contributed by atoms with E-state index < -0.39 is 21.7 Å². The van der Waals surface area contributed by atoms with E-state index in [2.05, 4.69) is 21.4 Å². The Bertz CT molecular complexity index is 1020. The highest BCUT2D eigenvalue weighted by atomic mass is 32.2. The van der Waals surface area contributed by atoms with Gasteiger partial charge in [0.25, 0.3) is 0 Å². The van der Waals surface area contributed by atoms with Crippen LogP contribution in [0, 0.1) is 13.8 Å². The molecule has 2 heterocycles. The van der Waals surface area contributed by atoms with Crippen molar-refractivity contribution >= 4 is 27.4 Å². The molecular weight excluding hydrogens is 402 g/mol. The maximum absolute atomic E-state index is 12.8. The van der Waals surface area contributed by atoms with Crippen LogP contribution in [0.25, 0.3) is 0 Å². The molecule has 30 heavy (non-hydrogen) atoms. The van der Waals surface area contributed by atoms with Crippen LogP contribution in [0.5, 0.6) is 0 Å². The summed E-state index contributed by atoms with van der Waals surface area (Å²) in [6, 6.07) is 9.91. The molecule has 1 N–H and O–H groups in total. The number of nitrogens with zero attached hydrogens (tertiary/aromatic N) is 4. The average molecular weight is 434 g/mol. The van der Waals surface area contributed by atoms with Crippen molar-refractivity contribution in [3.05, 3.63) is 41.6 Å². The third kappa shape index (κ3) is 5.20. The predicted molar refractivity (Wildman–Crippen MR) is 119 cm³/mol. The molecule has 1 saturated heterocycles. The smallest absolute Gasteiger partial charge is 0.242 e. The van der Waals surface area contributed by atoms with Crippen molar-refractivity contribution in [3.8, 4) is 0 Å². The van der Waals surface area contributed by atoms with Gasteiger partial charge >= 0.3 is 0 Å². The lowest BCUT2D eigenvalue weighted by atomic mass is 10.1. The molecule has 1 aliphatic rings. The van der Waals surface area contributed by atoms with Crippen LogP contribution >= 0.6 is 0 Å². The molecule has 0 aliphatic carbocycles. The number of hydrogen-bond acceptors (Lipinski definition) is 5. The lowest BCUT2D eigenvalue weighted by Gasteiger charge is -2.35. The first-order chi connectivity index (χ1) is 14.0. The van der Waals surface area contributed by atoms with E-state index in [0.717, 1.165) is 11.4 Å². The number of aryl methyl sites for hydroxylation is 2. The molecule has 164 valence electrons. The molecule has 1 amide bonds. The molecular formula is C21H31N5O3S. The second kappa shape index (κ2) is 8.39. The first kappa shape index (κ1) is 22.3. The number of piperazine rings is 1. The van der Waals surface area contributed by atoms with Crippen molar-refractivity contribution in [2.75, 3.05) is 42.1 Å². The van der Waals surface area contributed by atoms with Crippen LogP contribution in [0.3, 0.4) is 0 Å². The van der Waals surface area contributed by atoms with Crippen molar-refractivity contribution in [2.24, 2.45) is 0 Å². The van der Waals surface area contributed by atoms with Gasteiger partial charge in [0.2, 0.25) is 15.9 Å². The van der Waals surface area contributed by atoms with Gasteiger partial charge in [-0.1, -0.05) is 12.1 Å². The van der Waals surface area contributed by atoms with Crippen LogP contribution in [0.4, 0.5) is 11.5 Å². The molecule has 9 heteroatoms. The predicted octanol–water partition coefficient (Wildman–Crippen LogP) is 2.35. The lowest BCUT2D eigenvalue weighted by molar-refractivity contribution is -0.114. The number of carbonyl (C=O) groups excluding carboxylic acids is 1. The standard InChI is InChI=1S/C21H31N5O3S/c1-16-7-6-8-18(13-16)24-9-11-25(12-10-24)30(28,29)15-20(27)22-19-14-17(2)23-26(19)21(3,4)5/h6-8,13-14H,9-12,15H2,1-5H3,(H,22,27). The van der Waals surface area contributed by atoms with E-state index in [1.807, 2.05) is 52.8 Å². The zero-order chi connectivity index (χ0) is 22.1. The molecule has 0 spiro atoms. The lowest BCUT2D eigenvalue weighted by Crippen LogP contribution is -2.50. The van der Waals surface area contributed by atoms with Gasteiger partial charge in [-0.25, -0.2) is 13.1 Å². The summed E-state index contributed by atoms with van der Waals surface area (Å²) in [4.78, 5) is 14.7. The molecule has 0 unspecified atom stereocenters. The second-order valence-electron chi connectivity index (χ2n) is 8.78. The molecule has 0 bridgehead atoms. The normalized spacial score (nSPS) is 16.0. The molecule has 0 saturated carbocycles. The van der Waals surface area contributed by atoms with Gasteiger partial charge in [0.1, 0.15) is 11.6 Å². The van der Waals surface area contributed by atoms with Crippen molar-refractivity contribution in [1.82, 2.24) is 14.1 Å². The van der Waals surface area contributed by atoms with Gasteiger partial charge in [-0.05, 0) is 52.3 Å². The number of sulfonamides is 1. The van der Waals surface area contributed by atoms with E-state index in [0.29, 0.717) is 32.0 Å². The highest BCUT2D eigenvalue weighted by Crippen LogP contribution is 2.22. The third-order valence-corrected chi connectivity index (χ3v) is 6.83. The van der Waals surface area contributed by atoms with Crippen LogP contribution in [0.1, 0.15) is 32.0 Å². The minimum atomic E-state index is -3.69. The van der Waals surface area contributed by atoms with Gasteiger partial charge in [-0.15, -0.1) is 0 Å². The number of carbonyl (C=O) groups is 1. The van der Waals surface area contributed by atoms with Crippen LogP contribution in [-0.2, 0) is 20.4 Å². The fraction of sp³-hybridized carbons (Fsp3) is 0.524. The first-order valence-electron chi connectivity index (χ1n) is 10.1. The van der Waals surface area contributed by atoms with E-state index in [4.69, 9.17) is 0 Å². The number of hydrogen-bond donors (Lipinski definition) is 1. The van der Waals surface area contributed by atoms with Gasteiger partial charge in [0.15, 0.2) is 0 Å². The van der Waals surface area contributed by atoms with Gasteiger partial charge in [0, 0.05) is 37.9 Å². The molecule has 0 atom stereocenters. The molecule has 1 aliphatic heterocycles. The SMILES string of the molecule is Cc1cccc(N2CCN(S(=O)(=O)CC(=O)Nc3cc(C)nn3C(C)(C)C)CC2)c1. The molecule has 1 aromatic heterocycles. The highest BCUT2D eigenvalue weighted by molar-refractivity contribution is 7.89. The van der Waals surface area contributed by atoms with Gasteiger partial charge in [-0.2, -0.15) is 9.40 Å². The molecule has 8 nitrogen and oxygen atoms in total. The molecule has 1 aromatic carbocycles. The Morgan fingerprint density at radius 2 is 1.77 bits per heavy atom. The van der Waals surface area contributed by atoms with Crippen LogP contribution < -0.4 is 10.2 Å². The summed E-state index contributed by atoms with van der Waals surface area (Å²) in [5.41, 5.74) is 2.69. The van der Waals surface area contributed by atoms with Crippen LogP contribution in [0.2, 0.25) is 0 Å². The Labute approximate surface area is 178 Å². The summed E-state index contributed by atoms with van der Waals surface area (Å²) < 4.78 is 28.7. The number of anilines is 2. The maximum Gasteiger partial charge on any atom is 0.242 e. The van der Waals surface area contributed by atoms with Crippen molar-refractivity contribution in [1.29, 1.82) is 0 Å². The minimum absolute atomic E-state index is 0.331. The topological polar surface area (TPSA) is 87.5 Å². The number of aromatic nitrogens is 2. The van der Waals surface area contributed by atoms with Crippen LogP contribution in [-0.4, -0.2) is 60.3 Å². The fourth-order valence-electron chi connectivity index (χ4n) is 3.58. The number of amides is 1. The average Bonchev–Trinajstić information content (AvgIpc) is 3.02. The van der Waals surface area contributed by atoms with E-state index in [9.17, 15) is 13.2 Å². The summed E-state index contributed by atoms with van der Waals surface area (Å²) in [6.45, 7) is 11.7. The number of nitrogens with one attached hydrogen (secondary N) is 1. The zero-order valence-corrected chi connectivity index (χ0v) is 19.2. The Hall–Kier alpha value is -2.39. The number of rotatable bonds is 5. The highest BCUT2D eigenvalue weighted by Gasteiger charge is 2.30. The Kier molecular flexibility index (Phi) is 6.24. The summed E-state index contributed by atoms with van der Waals surface area (Å²) in [5, 5.41) is 7.12. The maximum atomic E-state index is 12.8. The first-order valence-corrected chi connectivity index (χ1v) is 11.7. The molecule has 0 radical (unpaired) electrons. The Balaban J connectivity index is 1.61. The van der Waals surface area contributed by atoms with Crippen molar-refractivity contribution < 1.29 is 13.2 Å². The summed E-state index contributed by atoms with van der Waals surface area (Å²) in [6.07, 6.45) is 0. The zero-order valence-electron chi connectivity index (χ0n) is 18.3. The Morgan fingerprint density at radius 3 is 2.37 bits per heavy atom.